The van der Waals surface area contributed by atoms with Gasteiger partial charge < -0.3 is 5.32 Å². The van der Waals surface area contributed by atoms with Gasteiger partial charge in [-0.15, -0.1) is 11.3 Å². The first kappa shape index (κ1) is 16.2. The lowest BCUT2D eigenvalue weighted by atomic mass is 10.3. The average Bonchev–Trinajstić information content (AvgIpc) is 2.90. The lowest BCUT2D eigenvalue weighted by Crippen LogP contribution is -2.11. The van der Waals surface area contributed by atoms with Gasteiger partial charge in [0, 0.05) is 4.88 Å². The minimum Gasteiger partial charge on any atom is -0.319 e. The molecule has 0 amide bonds. The molecule has 0 spiro atoms. The summed E-state index contributed by atoms with van der Waals surface area (Å²) < 4.78 is 40.1. The van der Waals surface area contributed by atoms with Crippen molar-refractivity contribution in [3.8, 4) is 0 Å². The van der Waals surface area contributed by atoms with Gasteiger partial charge in [0.05, 0.1) is 10.7 Å². The highest BCUT2D eigenvalue weighted by atomic mass is 35.5. The highest BCUT2D eigenvalue weighted by molar-refractivity contribution is 7.94. The standard InChI is InChI=1S/C13H14ClFN2O2S2/c1-16-7-6-10-3-5-13(20-10)21(18,19)17-9-2-4-12(15)11(14)8-9/h2-5,8,16-17H,6-7H2,1H3. The maximum Gasteiger partial charge on any atom is 0.271 e. The summed E-state index contributed by atoms with van der Waals surface area (Å²) in [6.07, 6.45) is 0.763. The molecule has 0 atom stereocenters. The Morgan fingerprint density at radius 1 is 1.29 bits per heavy atom. The van der Waals surface area contributed by atoms with Crippen LogP contribution >= 0.6 is 22.9 Å². The van der Waals surface area contributed by atoms with E-state index in [4.69, 9.17) is 11.6 Å². The van der Waals surface area contributed by atoms with E-state index in [1.54, 1.807) is 12.1 Å². The molecule has 1 aromatic heterocycles. The van der Waals surface area contributed by atoms with E-state index in [2.05, 4.69) is 10.0 Å². The van der Waals surface area contributed by atoms with Gasteiger partial charge in [0.25, 0.3) is 10.0 Å². The van der Waals surface area contributed by atoms with Crippen molar-refractivity contribution >= 4 is 38.6 Å². The van der Waals surface area contributed by atoms with Gasteiger partial charge in [0.2, 0.25) is 0 Å². The third kappa shape index (κ3) is 4.16. The molecule has 0 fully saturated rings. The molecule has 0 saturated heterocycles. The number of halogens is 2. The van der Waals surface area contributed by atoms with Gasteiger partial charge in [0.1, 0.15) is 10.0 Å². The Labute approximate surface area is 132 Å². The average molecular weight is 349 g/mol. The van der Waals surface area contributed by atoms with Crippen molar-refractivity contribution in [2.75, 3.05) is 18.3 Å². The maximum atomic E-state index is 13.1. The lowest BCUT2D eigenvalue weighted by Gasteiger charge is -2.06. The zero-order chi connectivity index (χ0) is 15.5. The van der Waals surface area contributed by atoms with Gasteiger partial charge >= 0.3 is 0 Å². The van der Waals surface area contributed by atoms with Gasteiger partial charge in [-0.3, -0.25) is 4.72 Å². The van der Waals surface area contributed by atoms with Crippen LogP contribution in [0.2, 0.25) is 5.02 Å². The number of sulfonamides is 1. The maximum absolute atomic E-state index is 13.1. The zero-order valence-corrected chi connectivity index (χ0v) is 13.6. The first-order valence-electron chi connectivity index (χ1n) is 6.13. The van der Waals surface area contributed by atoms with Crippen molar-refractivity contribution in [2.24, 2.45) is 0 Å². The fourth-order valence-corrected chi connectivity index (χ4v) is 4.24. The summed E-state index contributed by atoms with van der Waals surface area (Å²) in [5, 5.41) is 2.88. The van der Waals surface area contributed by atoms with Crippen LogP contribution in [0.5, 0.6) is 0 Å². The van der Waals surface area contributed by atoms with Crippen molar-refractivity contribution in [3.63, 3.8) is 0 Å². The minimum absolute atomic E-state index is 0.129. The molecule has 0 aliphatic heterocycles. The molecule has 114 valence electrons. The van der Waals surface area contributed by atoms with Gasteiger partial charge in [-0.05, 0) is 50.3 Å². The van der Waals surface area contributed by atoms with E-state index < -0.39 is 15.8 Å². The first-order valence-corrected chi connectivity index (χ1v) is 8.81. The fraction of sp³-hybridized carbons (Fsp3) is 0.231. The molecule has 8 heteroatoms. The summed E-state index contributed by atoms with van der Waals surface area (Å²) in [6, 6.07) is 7.03. The molecule has 0 bridgehead atoms. The number of hydrogen-bond acceptors (Lipinski definition) is 4. The smallest absolute Gasteiger partial charge is 0.271 e. The zero-order valence-electron chi connectivity index (χ0n) is 11.2. The van der Waals surface area contributed by atoms with Crippen LogP contribution < -0.4 is 10.0 Å². The Kier molecular flexibility index (Phi) is 5.21. The third-order valence-electron chi connectivity index (χ3n) is 2.70. The molecule has 2 aromatic rings. The highest BCUT2D eigenvalue weighted by Crippen LogP contribution is 2.26. The van der Waals surface area contributed by atoms with Gasteiger partial charge in [-0.25, -0.2) is 12.8 Å². The summed E-state index contributed by atoms with van der Waals surface area (Å²) in [5.41, 5.74) is 0.228. The number of rotatable bonds is 6. The van der Waals surface area contributed by atoms with Crippen molar-refractivity contribution in [1.82, 2.24) is 5.32 Å². The van der Waals surface area contributed by atoms with Crippen LogP contribution in [0.3, 0.4) is 0 Å². The van der Waals surface area contributed by atoms with Crippen molar-refractivity contribution in [3.05, 3.63) is 46.0 Å². The molecule has 0 unspecified atom stereocenters. The highest BCUT2D eigenvalue weighted by Gasteiger charge is 2.17. The lowest BCUT2D eigenvalue weighted by molar-refractivity contribution is 0.603. The van der Waals surface area contributed by atoms with Crippen molar-refractivity contribution in [2.45, 2.75) is 10.6 Å². The molecule has 2 N–H and O–H groups in total. The largest absolute Gasteiger partial charge is 0.319 e. The summed E-state index contributed by atoms with van der Waals surface area (Å²) in [5.74, 6) is -0.593. The second kappa shape index (κ2) is 6.74. The van der Waals surface area contributed by atoms with E-state index in [-0.39, 0.29) is 14.9 Å². The SMILES string of the molecule is CNCCc1ccc(S(=O)(=O)Nc2ccc(F)c(Cl)c2)s1. The number of thiophene rings is 1. The number of nitrogens with one attached hydrogen (secondary N) is 2. The molecule has 0 saturated carbocycles. The Balaban J connectivity index is 2.17. The second-order valence-corrected chi connectivity index (χ2v) is 7.79. The third-order valence-corrected chi connectivity index (χ3v) is 6.00. The molecule has 2 rings (SSSR count). The number of likely N-dealkylation sites (N-methyl/N-ethyl adjacent to an activating group) is 1. The Morgan fingerprint density at radius 3 is 2.71 bits per heavy atom. The van der Waals surface area contributed by atoms with Crippen LogP contribution in [0.25, 0.3) is 0 Å². The van der Waals surface area contributed by atoms with E-state index >= 15 is 0 Å². The molecule has 0 aliphatic rings. The Bertz CT molecular complexity index is 732. The molecular formula is C13H14ClFN2O2S2. The Morgan fingerprint density at radius 2 is 2.05 bits per heavy atom. The predicted octanol–water partition coefficient (Wildman–Crippen LogP) is 3.10. The van der Waals surface area contributed by atoms with Crippen LogP contribution in [0.15, 0.2) is 34.5 Å². The molecule has 4 nitrogen and oxygen atoms in total. The molecule has 1 heterocycles. The van der Waals surface area contributed by atoms with Gasteiger partial charge in [-0.1, -0.05) is 11.6 Å². The molecular weight excluding hydrogens is 335 g/mol. The predicted molar refractivity (Wildman–Crippen MR) is 84.2 cm³/mol. The minimum atomic E-state index is -3.68. The topological polar surface area (TPSA) is 58.2 Å². The molecule has 0 aliphatic carbocycles. The van der Waals surface area contributed by atoms with Crippen LogP contribution in [0.1, 0.15) is 4.88 Å². The first-order chi connectivity index (χ1) is 9.92. The normalized spacial score (nSPS) is 11.6. The number of anilines is 1. The van der Waals surface area contributed by atoms with Gasteiger partial charge in [-0.2, -0.15) is 0 Å². The van der Waals surface area contributed by atoms with E-state index in [1.165, 1.54) is 23.5 Å². The molecule has 1 aromatic carbocycles. The summed E-state index contributed by atoms with van der Waals surface area (Å²) in [4.78, 5) is 0.974. The van der Waals surface area contributed by atoms with Crippen LogP contribution in [-0.4, -0.2) is 22.0 Å². The second-order valence-electron chi connectivity index (χ2n) is 4.31. The van der Waals surface area contributed by atoms with Crippen molar-refractivity contribution in [1.29, 1.82) is 0 Å². The van der Waals surface area contributed by atoms with Crippen molar-refractivity contribution < 1.29 is 12.8 Å². The van der Waals surface area contributed by atoms with E-state index in [1.807, 2.05) is 7.05 Å². The van der Waals surface area contributed by atoms with E-state index in [9.17, 15) is 12.8 Å². The van der Waals surface area contributed by atoms with E-state index in [0.29, 0.717) is 0 Å². The summed E-state index contributed by atoms with van der Waals surface area (Å²) in [6.45, 7) is 0.779. The quantitative estimate of drug-likeness (QED) is 0.843. The Hall–Kier alpha value is -1.15. The summed E-state index contributed by atoms with van der Waals surface area (Å²) >= 11 is 6.84. The van der Waals surface area contributed by atoms with Crippen LogP contribution in [0.4, 0.5) is 10.1 Å². The van der Waals surface area contributed by atoms with Gasteiger partial charge in [0.15, 0.2) is 0 Å². The molecule has 21 heavy (non-hydrogen) atoms. The number of hydrogen-bond donors (Lipinski definition) is 2. The summed E-state index contributed by atoms with van der Waals surface area (Å²) in [7, 11) is -1.84. The van der Waals surface area contributed by atoms with Crippen LogP contribution in [0, 0.1) is 5.82 Å². The molecule has 0 radical (unpaired) electrons. The van der Waals surface area contributed by atoms with Crippen LogP contribution in [-0.2, 0) is 16.4 Å². The number of benzene rings is 1. The van der Waals surface area contributed by atoms with E-state index in [0.717, 1.165) is 23.9 Å². The monoisotopic (exact) mass is 348 g/mol. The fourth-order valence-electron chi connectivity index (χ4n) is 1.65.